The Balaban J connectivity index is 1.35. The van der Waals surface area contributed by atoms with Gasteiger partial charge in [-0.3, -0.25) is 19.4 Å². The molecule has 0 unspecified atom stereocenters. The highest BCUT2D eigenvalue weighted by Crippen LogP contribution is 2.25. The predicted molar refractivity (Wildman–Crippen MR) is 126 cm³/mol. The smallest absolute Gasteiger partial charge is 0.257 e. The van der Waals surface area contributed by atoms with Crippen molar-refractivity contribution in [2.75, 3.05) is 37.7 Å². The number of piperazine rings is 1. The van der Waals surface area contributed by atoms with Crippen molar-refractivity contribution in [2.45, 2.75) is 19.0 Å². The zero-order valence-corrected chi connectivity index (χ0v) is 19.2. The minimum atomic E-state index is -2.92. The van der Waals surface area contributed by atoms with E-state index in [4.69, 9.17) is 5.10 Å². The first-order chi connectivity index (χ1) is 16.0. The van der Waals surface area contributed by atoms with Gasteiger partial charge in [0.15, 0.2) is 9.84 Å². The first kappa shape index (κ1) is 21.8. The molecule has 0 saturated carbocycles. The number of benzene rings is 1. The maximum absolute atomic E-state index is 13.5. The molecular weight excluding hydrogens is 438 g/mol. The van der Waals surface area contributed by atoms with Gasteiger partial charge < -0.3 is 4.90 Å². The number of carbonyl (C=O) groups excluding carboxylic acids is 1. The molecule has 2 fully saturated rings. The molecule has 4 heterocycles. The van der Waals surface area contributed by atoms with E-state index >= 15 is 0 Å². The van der Waals surface area contributed by atoms with E-state index in [-0.39, 0.29) is 23.5 Å². The number of hydrogen-bond acceptors (Lipinski definition) is 6. The monoisotopic (exact) mass is 465 g/mol. The van der Waals surface area contributed by atoms with E-state index in [0.717, 1.165) is 11.1 Å². The highest BCUT2D eigenvalue weighted by atomic mass is 32.2. The summed E-state index contributed by atoms with van der Waals surface area (Å²) >= 11 is 0. The van der Waals surface area contributed by atoms with Crippen LogP contribution in [0.15, 0.2) is 61.1 Å². The standard InChI is InChI=1S/C24H27N5O3S/c30-24(28-12-10-27(11-13-28)21-8-14-33(31,32)18-21)22-17-29(16-19-5-2-1-3-6-19)26-23(22)20-7-4-9-25-15-20/h1-7,9,15,17,21H,8,10-14,16,18H2/t21-/m1/s1. The van der Waals surface area contributed by atoms with Crippen LogP contribution in [0.5, 0.6) is 0 Å². The fourth-order valence-electron chi connectivity index (χ4n) is 4.67. The van der Waals surface area contributed by atoms with Gasteiger partial charge in [0, 0.05) is 56.4 Å². The van der Waals surface area contributed by atoms with Crippen LogP contribution < -0.4 is 0 Å². The van der Waals surface area contributed by atoms with Crippen LogP contribution in [0.3, 0.4) is 0 Å². The molecule has 33 heavy (non-hydrogen) atoms. The van der Waals surface area contributed by atoms with Crippen LogP contribution in [0.4, 0.5) is 0 Å². The van der Waals surface area contributed by atoms with Crippen molar-refractivity contribution in [2.24, 2.45) is 0 Å². The molecular formula is C24H27N5O3S. The predicted octanol–water partition coefficient (Wildman–Crippen LogP) is 1.94. The number of nitrogens with zero attached hydrogens (tertiary/aromatic N) is 5. The minimum Gasteiger partial charge on any atom is -0.336 e. The van der Waals surface area contributed by atoms with Crippen molar-refractivity contribution >= 4 is 15.7 Å². The summed E-state index contributed by atoms with van der Waals surface area (Å²) in [6.45, 7) is 3.10. The quantitative estimate of drug-likeness (QED) is 0.572. The molecule has 2 aliphatic rings. The largest absolute Gasteiger partial charge is 0.336 e. The Morgan fingerprint density at radius 3 is 2.48 bits per heavy atom. The second-order valence-corrected chi connectivity index (χ2v) is 10.9. The Morgan fingerprint density at radius 1 is 1.03 bits per heavy atom. The number of sulfone groups is 1. The summed E-state index contributed by atoms with van der Waals surface area (Å²) in [6, 6.07) is 13.9. The van der Waals surface area contributed by atoms with Gasteiger partial charge in [0.05, 0.1) is 23.6 Å². The van der Waals surface area contributed by atoms with Gasteiger partial charge in [-0.05, 0) is 24.1 Å². The van der Waals surface area contributed by atoms with Crippen molar-refractivity contribution in [3.05, 3.63) is 72.2 Å². The Kier molecular flexibility index (Phi) is 5.99. The Bertz CT molecular complexity index is 1220. The SMILES string of the molecule is O=C(c1cn(Cc2ccccc2)nc1-c1cccnc1)N1CCN([C@@H]2CCS(=O)(=O)C2)CC1. The zero-order chi connectivity index (χ0) is 22.8. The molecule has 1 amide bonds. The summed E-state index contributed by atoms with van der Waals surface area (Å²) in [4.78, 5) is 21.8. The molecule has 2 saturated heterocycles. The van der Waals surface area contributed by atoms with E-state index in [1.165, 1.54) is 0 Å². The van der Waals surface area contributed by atoms with Crippen molar-refractivity contribution < 1.29 is 13.2 Å². The fraction of sp³-hybridized carbons (Fsp3) is 0.375. The molecule has 0 spiro atoms. The topological polar surface area (TPSA) is 88.4 Å². The summed E-state index contributed by atoms with van der Waals surface area (Å²) in [7, 11) is -2.92. The first-order valence-electron chi connectivity index (χ1n) is 11.2. The summed E-state index contributed by atoms with van der Waals surface area (Å²) < 4.78 is 25.5. The normalized spacial score (nSPS) is 20.7. The molecule has 2 aromatic heterocycles. The van der Waals surface area contributed by atoms with Gasteiger partial charge in [0.1, 0.15) is 5.69 Å². The van der Waals surface area contributed by atoms with E-state index in [2.05, 4.69) is 9.88 Å². The van der Waals surface area contributed by atoms with Gasteiger partial charge >= 0.3 is 0 Å². The van der Waals surface area contributed by atoms with Crippen LogP contribution in [0.2, 0.25) is 0 Å². The molecule has 172 valence electrons. The third-order valence-corrected chi connectivity index (χ3v) is 8.19. The van der Waals surface area contributed by atoms with Gasteiger partial charge in [0.2, 0.25) is 0 Å². The summed E-state index contributed by atoms with van der Waals surface area (Å²) in [6.07, 6.45) is 5.94. The second-order valence-electron chi connectivity index (χ2n) is 8.70. The molecule has 3 aromatic rings. The maximum atomic E-state index is 13.5. The van der Waals surface area contributed by atoms with Crippen LogP contribution in [-0.4, -0.2) is 82.6 Å². The van der Waals surface area contributed by atoms with E-state index in [0.29, 0.717) is 50.4 Å². The summed E-state index contributed by atoms with van der Waals surface area (Å²) in [5.41, 5.74) is 3.11. The van der Waals surface area contributed by atoms with Crippen LogP contribution >= 0.6 is 0 Å². The molecule has 8 nitrogen and oxygen atoms in total. The summed E-state index contributed by atoms with van der Waals surface area (Å²) in [5.74, 6) is 0.455. The molecule has 1 aromatic carbocycles. The molecule has 0 radical (unpaired) electrons. The average Bonchev–Trinajstić information content (AvgIpc) is 3.43. The number of pyridine rings is 1. The lowest BCUT2D eigenvalue weighted by atomic mass is 10.1. The van der Waals surface area contributed by atoms with Gasteiger partial charge in [-0.2, -0.15) is 5.10 Å². The highest BCUT2D eigenvalue weighted by molar-refractivity contribution is 7.91. The lowest BCUT2D eigenvalue weighted by Crippen LogP contribution is -2.52. The zero-order valence-electron chi connectivity index (χ0n) is 18.4. The number of rotatable bonds is 5. The summed E-state index contributed by atoms with van der Waals surface area (Å²) in [5, 5.41) is 4.74. The first-order valence-corrected chi connectivity index (χ1v) is 13.1. The van der Waals surface area contributed by atoms with Gasteiger partial charge in [-0.1, -0.05) is 30.3 Å². The van der Waals surface area contributed by atoms with Gasteiger partial charge in [0.25, 0.3) is 5.91 Å². The number of carbonyl (C=O) groups is 1. The van der Waals surface area contributed by atoms with Crippen LogP contribution in [0.25, 0.3) is 11.3 Å². The molecule has 5 rings (SSSR count). The average molecular weight is 466 g/mol. The Hall–Kier alpha value is -3.04. The third kappa shape index (κ3) is 4.84. The minimum absolute atomic E-state index is 0.0492. The maximum Gasteiger partial charge on any atom is 0.257 e. The molecule has 9 heteroatoms. The van der Waals surface area contributed by atoms with Gasteiger partial charge in [-0.25, -0.2) is 8.42 Å². The molecule has 0 bridgehead atoms. The fourth-order valence-corrected chi connectivity index (χ4v) is 6.43. The van der Waals surface area contributed by atoms with Gasteiger partial charge in [-0.15, -0.1) is 0 Å². The number of amides is 1. The van der Waals surface area contributed by atoms with Crippen molar-refractivity contribution in [3.63, 3.8) is 0 Å². The molecule has 2 aliphatic heterocycles. The molecule has 0 aliphatic carbocycles. The van der Waals surface area contributed by atoms with E-state index in [9.17, 15) is 13.2 Å². The number of hydrogen-bond donors (Lipinski definition) is 0. The number of aromatic nitrogens is 3. The Morgan fingerprint density at radius 2 is 1.82 bits per heavy atom. The lowest BCUT2D eigenvalue weighted by molar-refractivity contribution is 0.0588. The van der Waals surface area contributed by atoms with Crippen molar-refractivity contribution in [1.29, 1.82) is 0 Å². The van der Waals surface area contributed by atoms with Crippen molar-refractivity contribution in [3.8, 4) is 11.3 Å². The van der Waals surface area contributed by atoms with Crippen molar-refractivity contribution in [1.82, 2.24) is 24.6 Å². The third-order valence-electron chi connectivity index (χ3n) is 6.44. The second kappa shape index (κ2) is 9.07. The molecule has 0 N–H and O–H groups in total. The Labute approximate surface area is 193 Å². The van der Waals surface area contributed by atoms with Crippen LogP contribution in [0, 0.1) is 0 Å². The van der Waals surface area contributed by atoms with Crippen LogP contribution in [0.1, 0.15) is 22.3 Å². The van der Waals surface area contributed by atoms with E-state index in [1.807, 2.05) is 58.2 Å². The van der Waals surface area contributed by atoms with E-state index < -0.39 is 9.84 Å². The molecule has 1 atom stereocenters. The van der Waals surface area contributed by atoms with E-state index in [1.54, 1.807) is 12.4 Å². The lowest BCUT2D eigenvalue weighted by Gasteiger charge is -2.37. The highest BCUT2D eigenvalue weighted by Gasteiger charge is 2.35. The van der Waals surface area contributed by atoms with Crippen LogP contribution in [-0.2, 0) is 16.4 Å².